The van der Waals surface area contributed by atoms with E-state index in [2.05, 4.69) is 0 Å². The summed E-state index contributed by atoms with van der Waals surface area (Å²) in [6.45, 7) is 3.88. The fourth-order valence-electron chi connectivity index (χ4n) is 1.73. The van der Waals surface area contributed by atoms with Crippen LogP contribution in [0.1, 0.15) is 31.7 Å². The molecule has 0 saturated carbocycles. The smallest absolute Gasteiger partial charge is 0.323 e. The first-order valence-electron chi connectivity index (χ1n) is 6.30. The molecule has 1 aromatic carbocycles. The lowest BCUT2D eigenvalue weighted by molar-refractivity contribution is -0.143. The lowest BCUT2D eigenvalue weighted by Crippen LogP contribution is -2.47. The molecule has 4 nitrogen and oxygen atoms in total. The van der Waals surface area contributed by atoms with Crippen molar-refractivity contribution in [3.63, 3.8) is 0 Å². The van der Waals surface area contributed by atoms with Crippen molar-refractivity contribution in [2.75, 3.05) is 6.61 Å². The molecule has 0 aliphatic rings. The van der Waals surface area contributed by atoms with Gasteiger partial charge in [0.1, 0.15) is 17.1 Å². The minimum atomic E-state index is -1.21. The van der Waals surface area contributed by atoms with Crippen LogP contribution in [0.4, 0.5) is 4.39 Å². The van der Waals surface area contributed by atoms with Gasteiger partial charge in [-0.05, 0) is 37.8 Å². The number of carboxylic acid groups (broad SMARTS) is 1. The number of ether oxygens (including phenoxy) is 1. The molecule has 0 spiro atoms. The van der Waals surface area contributed by atoms with Gasteiger partial charge in [-0.3, -0.25) is 4.79 Å². The second-order valence-electron chi connectivity index (χ2n) is 4.68. The summed E-state index contributed by atoms with van der Waals surface area (Å²) in [4.78, 5) is 11.0. The lowest BCUT2D eigenvalue weighted by atomic mass is 9.92. The molecular weight excluding hydrogens is 249 g/mol. The van der Waals surface area contributed by atoms with Gasteiger partial charge in [0, 0.05) is 6.07 Å². The van der Waals surface area contributed by atoms with E-state index < -0.39 is 11.5 Å². The van der Waals surface area contributed by atoms with Crippen molar-refractivity contribution >= 4 is 5.97 Å². The van der Waals surface area contributed by atoms with Crippen molar-refractivity contribution in [1.29, 1.82) is 0 Å². The Balaban J connectivity index is 2.47. The number of benzene rings is 1. The van der Waals surface area contributed by atoms with Crippen molar-refractivity contribution in [3.05, 3.63) is 29.6 Å². The highest BCUT2D eigenvalue weighted by molar-refractivity contribution is 5.78. The number of nitrogens with two attached hydrogens (primary N) is 1. The zero-order valence-corrected chi connectivity index (χ0v) is 11.3. The summed E-state index contributed by atoms with van der Waals surface area (Å²) in [5, 5.41) is 9.01. The predicted octanol–water partition coefficient (Wildman–Crippen LogP) is 2.49. The van der Waals surface area contributed by atoms with Crippen LogP contribution < -0.4 is 10.5 Å². The van der Waals surface area contributed by atoms with Crippen LogP contribution in [0.2, 0.25) is 0 Å². The number of carboxylic acids is 1. The van der Waals surface area contributed by atoms with E-state index in [1.807, 2.05) is 6.92 Å². The summed E-state index contributed by atoms with van der Waals surface area (Å²) < 4.78 is 18.5. The molecule has 0 bridgehead atoms. The van der Waals surface area contributed by atoms with Crippen molar-refractivity contribution in [2.24, 2.45) is 5.73 Å². The Bertz CT molecular complexity index is 450. The van der Waals surface area contributed by atoms with E-state index in [0.29, 0.717) is 31.6 Å². The molecule has 1 aromatic rings. The zero-order chi connectivity index (χ0) is 14.5. The van der Waals surface area contributed by atoms with Crippen LogP contribution in [0.3, 0.4) is 0 Å². The van der Waals surface area contributed by atoms with Gasteiger partial charge in [-0.15, -0.1) is 0 Å². The van der Waals surface area contributed by atoms with E-state index in [0.717, 1.165) is 5.56 Å². The average molecular weight is 269 g/mol. The minimum Gasteiger partial charge on any atom is -0.493 e. The fourth-order valence-corrected chi connectivity index (χ4v) is 1.73. The van der Waals surface area contributed by atoms with E-state index in [-0.39, 0.29) is 5.82 Å². The van der Waals surface area contributed by atoms with E-state index in [1.165, 1.54) is 12.1 Å². The van der Waals surface area contributed by atoms with E-state index in [1.54, 1.807) is 13.0 Å². The largest absolute Gasteiger partial charge is 0.493 e. The van der Waals surface area contributed by atoms with Crippen LogP contribution >= 0.6 is 0 Å². The summed E-state index contributed by atoms with van der Waals surface area (Å²) in [7, 11) is 0. The zero-order valence-electron chi connectivity index (χ0n) is 11.3. The molecular formula is C14H20FNO3. The molecule has 0 saturated heterocycles. The molecule has 1 unspecified atom stereocenters. The molecule has 0 amide bonds. The normalized spacial score (nSPS) is 13.9. The van der Waals surface area contributed by atoms with Gasteiger partial charge in [0.25, 0.3) is 0 Å². The number of halogens is 1. The van der Waals surface area contributed by atoms with Crippen molar-refractivity contribution in [2.45, 2.75) is 38.6 Å². The fraction of sp³-hybridized carbons (Fsp3) is 0.500. The monoisotopic (exact) mass is 269 g/mol. The molecule has 106 valence electrons. The lowest BCUT2D eigenvalue weighted by Gasteiger charge is -2.22. The molecule has 1 rings (SSSR count). The second-order valence-corrected chi connectivity index (χ2v) is 4.68. The Hall–Kier alpha value is -1.62. The first kappa shape index (κ1) is 15.4. The molecule has 0 aliphatic heterocycles. The maximum Gasteiger partial charge on any atom is 0.323 e. The van der Waals surface area contributed by atoms with Gasteiger partial charge >= 0.3 is 5.97 Å². The first-order chi connectivity index (χ1) is 8.89. The third kappa shape index (κ3) is 4.21. The van der Waals surface area contributed by atoms with Gasteiger partial charge in [-0.1, -0.05) is 13.0 Å². The highest BCUT2D eigenvalue weighted by Gasteiger charge is 2.30. The van der Waals surface area contributed by atoms with Gasteiger partial charge in [0.2, 0.25) is 0 Å². The average Bonchev–Trinajstić information content (AvgIpc) is 2.38. The Morgan fingerprint density at radius 2 is 2.21 bits per heavy atom. The van der Waals surface area contributed by atoms with E-state index in [9.17, 15) is 9.18 Å². The second kappa shape index (κ2) is 6.52. The maximum absolute atomic E-state index is 13.0. The van der Waals surface area contributed by atoms with Gasteiger partial charge < -0.3 is 15.6 Å². The summed E-state index contributed by atoms with van der Waals surface area (Å²) in [6, 6.07) is 4.33. The third-order valence-corrected chi connectivity index (χ3v) is 3.23. The minimum absolute atomic E-state index is 0.316. The van der Waals surface area contributed by atoms with Crippen LogP contribution in [-0.2, 0) is 4.79 Å². The van der Waals surface area contributed by atoms with Crippen LogP contribution in [0.5, 0.6) is 5.75 Å². The Kier molecular flexibility index (Phi) is 5.30. The molecule has 0 heterocycles. The molecule has 19 heavy (non-hydrogen) atoms. The SMILES string of the molecule is CCC(N)(CCCOc1cc(F)ccc1C)C(=O)O. The van der Waals surface area contributed by atoms with Gasteiger partial charge in [0.15, 0.2) is 0 Å². The molecule has 0 aliphatic carbocycles. The summed E-state index contributed by atoms with van der Waals surface area (Å²) >= 11 is 0. The van der Waals surface area contributed by atoms with Gasteiger partial charge in [-0.2, -0.15) is 0 Å². The van der Waals surface area contributed by atoms with Crippen LogP contribution in [0, 0.1) is 12.7 Å². The van der Waals surface area contributed by atoms with Gasteiger partial charge in [0.05, 0.1) is 6.61 Å². The standard InChI is InChI=1S/C14H20FNO3/c1-3-14(16,13(17)18)7-4-8-19-12-9-11(15)6-5-10(12)2/h5-6,9H,3-4,7-8,16H2,1-2H3,(H,17,18). The predicted molar refractivity (Wildman–Crippen MR) is 70.7 cm³/mol. The summed E-state index contributed by atoms with van der Waals surface area (Å²) in [5.41, 5.74) is 5.39. The van der Waals surface area contributed by atoms with Gasteiger partial charge in [-0.25, -0.2) is 4.39 Å². The highest BCUT2D eigenvalue weighted by Crippen LogP contribution is 2.20. The number of carbonyl (C=O) groups is 1. The number of aryl methyl sites for hydroxylation is 1. The Morgan fingerprint density at radius 1 is 1.53 bits per heavy atom. The third-order valence-electron chi connectivity index (χ3n) is 3.23. The van der Waals surface area contributed by atoms with E-state index in [4.69, 9.17) is 15.6 Å². The molecule has 5 heteroatoms. The van der Waals surface area contributed by atoms with Crippen LogP contribution in [0.25, 0.3) is 0 Å². The molecule has 1 atom stereocenters. The molecule has 0 aromatic heterocycles. The molecule has 0 fully saturated rings. The van der Waals surface area contributed by atoms with E-state index >= 15 is 0 Å². The van der Waals surface area contributed by atoms with Crippen molar-refractivity contribution < 1.29 is 19.0 Å². The van der Waals surface area contributed by atoms with Crippen molar-refractivity contribution in [3.8, 4) is 5.75 Å². The number of hydrogen-bond donors (Lipinski definition) is 2. The number of rotatable bonds is 7. The number of aliphatic carboxylic acids is 1. The topological polar surface area (TPSA) is 72.5 Å². The Morgan fingerprint density at radius 3 is 2.79 bits per heavy atom. The van der Waals surface area contributed by atoms with Crippen LogP contribution in [-0.4, -0.2) is 23.2 Å². The summed E-state index contributed by atoms with van der Waals surface area (Å²) in [5.74, 6) is -0.876. The number of hydrogen-bond acceptors (Lipinski definition) is 3. The quantitative estimate of drug-likeness (QED) is 0.746. The molecule has 0 radical (unpaired) electrons. The Labute approximate surface area is 112 Å². The summed E-state index contributed by atoms with van der Waals surface area (Å²) in [6.07, 6.45) is 1.20. The van der Waals surface area contributed by atoms with Crippen LogP contribution in [0.15, 0.2) is 18.2 Å². The van der Waals surface area contributed by atoms with Crippen molar-refractivity contribution in [1.82, 2.24) is 0 Å². The molecule has 3 N–H and O–H groups in total. The first-order valence-corrected chi connectivity index (χ1v) is 6.30. The highest BCUT2D eigenvalue weighted by atomic mass is 19.1. The maximum atomic E-state index is 13.0.